The van der Waals surface area contributed by atoms with Crippen LogP contribution in [-0.4, -0.2) is 13.1 Å². The van der Waals surface area contributed by atoms with Gasteiger partial charge >= 0.3 is 0 Å². The van der Waals surface area contributed by atoms with Crippen LogP contribution in [0.4, 0.5) is 0 Å². The second kappa shape index (κ2) is 19.8. The molecule has 1 aliphatic rings. The highest BCUT2D eigenvalue weighted by Crippen LogP contribution is 2.20. The van der Waals surface area contributed by atoms with E-state index in [1.165, 1.54) is 24.8 Å². The SMILES string of the molecule is CC.CC.CC.CNC(C)CCC1C=CC(C)=CC1. The molecule has 0 radical (unpaired) electrons. The number of hydrogen-bond donors (Lipinski definition) is 1. The molecule has 1 aliphatic carbocycles. The van der Waals surface area contributed by atoms with E-state index in [1.807, 2.05) is 48.6 Å². The first kappa shape index (κ1) is 23.5. The smallest absolute Gasteiger partial charge is 0.00359 e. The predicted octanol–water partition coefficient (Wildman–Crippen LogP) is 5.98. The van der Waals surface area contributed by atoms with E-state index < -0.39 is 0 Å². The summed E-state index contributed by atoms with van der Waals surface area (Å²) in [7, 11) is 2.03. The zero-order chi connectivity index (χ0) is 15.7. The lowest BCUT2D eigenvalue weighted by atomic mass is 9.92. The first-order chi connectivity index (χ1) is 9.22. The van der Waals surface area contributed by atoms with Gasteiger partial charge in [-0.05, 0) is 46.1 Å². The van der Waals surface area contributed by atoms with Crippen molar-refractivity contribution < 1.29 is 0 Å². The Morgan fingerprint density at radius 3 is 2.05 bits per heavy atom. The lowest BCUT2D eigenvalue weighted by Gasteiger charge is -2.17. The van der Waals surface area contributed by atoms with E-state index in [0.29, 0.717) is 6.04 Å². The molecule has 0 saturated heterocycles. The monoisotopic (exact) mass is 269 g/mol. The number of hydrogen-bond acceptors (Lipinski definition) is 1. The average Bonchev–Trinajstić information content (AvgIpc) is 2.52. The summed E-state index contributed by atoms with van der Waals surface area (Å²) in [6, 6.07) is 0.653. The highest BCUT2D eigenvalue weighted by atomic mass is 14.8. The van der Waals surface area contributed by atoms with Gasteiger partial charge in [0.15, 0.2) is 0 Å². The minimum Gasteiger partial charge on any atom is -0.317 e. The average molecular weight is 270 g/mol. The van der Waals surface area contributed by atoms with Crippen LogP contribution < -0.4 is 5.32 Å². The molecule has 2 unspecified atom stereocenters. The Hall–Kier alpha value is -0.560. The van der Waals surface area contributed by atoms with Crippen LogP contribution in [-0.2, 0) is 0 Å². The molecule has 1 N–H and O–H groups in total. The maximum Gasteiger partial charge on any atom is 0.00359 e. The zero-order valence-electron chi connectivity index (χ0n) is 15.0. The summed E-state index contributed by atoms with van der Waals surface area (Å²) < 4.78 is 0. The van der Waals surface area contributed by atoms with Crippen molar-refractivity contribution in [3.05, 3.63) is 23.8 Å². The number of nitrogens with one attached hydrogen (secondary N) is 1. The van der Waals surface area contributed by atoms with E-state index in [-0.39, 0.29) is 0 Å². The summed E-state index contributed by atoms with van der Waals surface area (Å²) in [5, 5.41) is 3.27. The molecule has 0 saturated carbocycles. The molecule has 1 heteroatoms. The standard InChI is InChI=1S/C12H21N.3C2H6/c1-10-4-7-12(8-5-10)9-6-11(2)13-3;3*1-2/h4-5,7,11-13H,6,8-9H2,1-3H3;3*1-2H3. The largest absolute Gasteiger partial charge is 0.317 e. The van der Waals surface area contributed by atoms with Gasteiger partial charge in [0.1, 0.15) is 0 Å². The van der Waals surface area contributed by atoms with Gasteiger partial charge in [0.25, 0.3) is 0 Å². The Balaban J connectivity index is -0.000000375. The van der Waals surface area contributed by atoms with Gasteiger partial charge < -0.3 is 5.32 Å². The van der Waals surface area contributed by atoms with Crippen molar-refractivity contribution in [2.24, 2.45) is 5.92 Å². The first-order valence-electron chi connectivity index (χ1n) is 8.24. The molecule has 1 rings (SSSR count). The van der Waals surface area contributed by atoms with Crippen molar-refractivity contribution in [3.63, 3.8) is 0 Å². The van der Waals surface area contributed by atoms with Crippen LogP contribution >= 0.6 is 0 Å². The predicted molar refractivity (Wildman–Crippen MR) is 92.8 cm³/mol. The molecule has 116 valence electrons. The summed E-state index contributed by atoms with van der Waals surface area (Å²) >= 11 is 0. The Kier molecular flexibility index (Phi) is 24.5. The summed E-state index contributed by atoms with van der Waals surface area (Å²) in [5.74, 6) is 0.777. The van der Waals surface area contributed by atoms with Gasteiger partial charge in [0, 0.05) is 6.04 Å². The fourth-order valence-corrected chi connectivity index (χ4v) is 1.59. The van der Waals surface area contributed by atoms with E-state index >= 15 is 0 Å². The molecule has 0 aromatic rings. The molecule has 19 heavy (non-hydrogen) atoms. The summed E-state index contributed by atoms with van der Waals surface area (Å²) in [4.78, 5) is 0. The minimum absolute atomic E-state index is 0.653. The summed E-state index contributed by atoms with van der Waals surface area (Å²) in [5.41, 5.74) is 1.41. The summed E-state index contributed by atoms with van der Waals surface area (Å²) in [6.07, 6.45) is 10.8. The molecule has 0 bridgehead atoms. The van der Waals surface area contributed by atoms with Crippen molar-refractivity contribution in [3.8, 4) is 0 Å². The number of allylic oxidation sites excluding steroid dienone is 4. The minimum atomic E-state index is 0.653. The van der Waals surface area contributed by atoms with Gasteiger partial charge in [-0.15, -0.1) is 0 Å². The molecule has 0 aromatic heterocycles. The van der Waals surface area contributed by atoms with Crippen LogP contribution in [0.3, 0.4) is 0 Å². The van der Waals surface area contributed by atoms with Crippen LogP contribution in [0.1, 0.15) is 74.7 Å². The normalized spacial score (nSPS) is 17.5. The van der Waals surface area contributed by atoms with Crippen molar-refractivity contribution in [1.29, 1.82) is 0 Å². The van der Waals surface area contributed by atoms with Crippen molar-refractivity contribution >= 4 is 0 Å². The van der Waals surface area contributed by atoms with Crippen molar-refractivity contribution in [2.45, 2.75) is 80.7 Å². The molecule has 1 nitrogen and oxygen atoms in total. The maximum absolute atomic E-state index is 3.27. The van der Waals surface area contributed by atoms with Crippen molar-refractivity contribution in [2.75, 3.05) is 7.05 Å². The maximum atomic E-state index is 3.27. The molecule has 0 aromatic carbocycles. The molecular formula is C18H39N. The van der Waals surface area contributed by atoms with E-state index in [1.54, 1.807) is 0 Å². The first-order valence-corrected chi connectivity index (χ1v) is 8.24. The van der Waals surface area contributed by atoms with E-state index in [2.05, 4.69) is 37.4 Å². The second-order valence-electron chi connectivity index (χ2n) is 4.07. The van der Waals surface area contributed by atoms with Crippen LogP contribution in [0.25, 0.3) is 0 Å². The van der Waals surface area contributed by atoms with Gasteiger partial charge in [0.2, 0.25) is 0 Å². The third-order valence-corrected chi connectivity index (χ3v) is 2.84. The third kappa shape index (κ3) is 15.4. The molecule has 0 fully saturated rings. The molecule has 0 spiro atoms. The van der Waals surface area contributed by atoms with Gasteiger partial charge in [-0.3, -0.25) is 0 Å². The third-order valence-electron chi connectivity index (χ3n) is 2.84. The highest BCUT2D eigenvalue weighted by Gasteiger charge is 2.08. The molecule has 0 amide bonds. The van der Waals surface area contributed by atoms with Gasteiger partial charge in [-0.2, -0.15) is 0 Å². The van der Waals surface area contributed by atoms with Crippen LogP contribution in [0, 0.1) is 5.92 Å². The van der Waals surface area contributed by atoms with Crippen molar-refractivity contribution in [1.82, 2.24) is 5.32 Å². The molecule has 2 atom stereocenters. The quantitative estimate of drug-likeness (QED) is 0.662. The molecular weight excluding hydrogens is 230 g/mol. The van der Waals surface area contributed by atoms with Gasteiger partial charge in [0.05, 0.1) is 0 Å². The van der Waals surface area contributed by atoms with Gasteiger partial charge in [-0.1, -0.05) is 65.3 Å². The Morgan fingerprint density at radius 1 is 1.16 bits per heavy atom. The zero-order valence-corrected chi connectivity index (χ0v) is 15.0. The van der Waals surface area contributed by atoms with E-state index in [0.717, 1.165) is 5.92 Å². The van der Waals surface area contributed by atoms with Gasteiger partial charge in [-0.25, -0.2) is 0 Å². The summed E-state index contributed by atoms with van der Waals surface area (Å²) in [6.45, 7) is 16.4. The molecule has 0 aliphatic heterocycles. The highest BCUT2D eigenvalue weighted by molar-refractivity contribution is 5.21. The fourth-order valence-electron chi connectivity index (χ4n) is 1.59. The van der Waals surface area contributed by atoms with Crippen LogP contribution in [0.2, 0.25) is 0 Å². The Bertz CT molecular complexity index is 204. The lowest BCUT2D eigenvalue weighted by Crippen LogP contribution is -2.21. The van der Waals surface area contributed by atoms with Crippen LogP contribution in [0.5, 0.6) is 0 Å². The topological polar surface area (TPSA) is 12.0 Å². The van der Waals surface area contributed by atoms with Crippen LogP contribution in [0.15, 0.2) is 23.8 Å². The lowest BCUT2D eigenvalue weighted by molar-refractivity contribution is 0.480. The number of rotatable bonds is 4. The molecule has 0 heterocycles. The Morgan fingerprint density at radius 2 is 1.68 bits per heavy atom. The van der Waals surface area contributed by atoms with E-state index in [9.17, 15) is 0 Å². The Labute approximate surface area is 123 Å². The second-order valence-corrected chi connectivity index (χ2v) is 4.07. The fraction of sp³-hybridized carbons (Fsp3) is 0.778. The van der Waals surface area contributed by atoms with E-state index in [4.69, 9.17) is 0 Å².